The van der Waals surface area contributed by atoms with Gasteiger partial charge >= 0.3 is 0 Å². The number of aromatic nitrogens is 2. The molecule has 0 saturated carbocycles. The van der Waals surface area contributed by atoms with Crippen LogP contribution in [-0.2, 0) is 10.2 Å². The lowest BCUT2D eigenvalue weighted by Gasteiger charge is -2.43. The molecule has 1 aliphatic rings. The van der Waals surface area contributed by atoms with Gasteiger partial charge in [0, 0.05) is 29.7 Å². The molecule has 188 valence electrons. The Hall–Kier alpha value is -3.70. The van der Waals surface area contributed by atoms with Crippen LogP contribution in [-0.4, -0.2) is 41.1 Å². The van der Waals surface area contributed by atoms with Crippen molar-refractivity contribution in [1.29, 1.82) is 0 Å². The van der Waals surface area contributed by atoms with Crippen molar-refractivity contribution in [2.75, 3.05) is 13.2 Å². The molecule has 8 heteroatoms. The standard InChI is InChI=1S/C28H30F2N4O2/c1-6-19-10-11-28(17(2)3,20(16-31-5)14-18(4)27(36)32-12-13-35)26-21(19)15-24(33-34-26)25-22(29)8-7-9-23(25)30/h1,7-9,14-17,19,35H,5,10-13H2,2-4H3,(H,32,36)/b18-14+,20-16+/t19-,28-/m0/s1. The maximum atomic E-state index is 14.5. The minimum absolute atomic E-state index is 0.0297. The van der Waals surface area contributed by atoms with Crippen LogP contribution in [0.2, 0.25) is 0 Å². The van der Waals surface area contributed by atoms with Crippen molar-refractivity contribution in [1.82, 2.24) is 15.5 Å². The second-order valence-electron chi connectivity index (χ2n) is 9.09. The van der Waals surface area contributed by atoms with Crippen LogP contribution in [0.25, 0.3) is 11.3 Å². The quantitative estimate of drug-likeness (QED) is 0.246. The molecular weight excluding hydrogens is 462 g/mol. The topological polar surface area (TPSA) is 87.5 Å². The van der Waals surface area contributed by atoms with Crippen LogP contribution in [0.4, 0.5) is 8.78 Å². The number of allylic oxidation sites excluding steroid dienone is 2. The summed E-state index contributed by atoms with van der Waals surface area (Å²) in [5.41, 5.74) is 1.42. The predicted octanol–water partition coefficient (Wildman–Crippen LogP) is 4.47. The Kier molecular flexibility index (Phi) is 8.49. The molecule has 1 aromatic carbocycles. The van der Waals surface area contributed by atoms with Gasteiger partial charge in [0.15, 0.2) is 0 Å². The second kappa shape index (κ2) is 11.4. The largest absolute Gasteiger partial charge is 0.395 e. The van der Waals surface area contributed by atoms with Gasteiger partial charge < -0.3 is 10.4 Å². The molecule has 1 aliphatic carbocycles. The van der Waals surface area contributed by atoms with E-state index in [0.717, 1.165) is 0 Å². The zero-order valence-corrected chi connectivity index (χ0v) is 20.7. The molecule has 36 heavy (non-hydrogen) atoms. The van der Waals surface area contributed by atoms with Gasteiger partial charge in [-0.3, -0.25) is 9.79 Å². The number of aliphatic hydroxyl groups excluding tert-OH is 1. The van der Waals surface area contributed by atoms with Gasteiger partial charge in [-0.2, -0.15) is 5.10 Å². The van der Waals surface area contributed by atoms with E-state index in [1.54, 1.807) is 25.3 Å². The van der Waals surface area contributed by atoms with Crippen molar-refractivity contribution in [2.24, 2.45) is 10.9 Å². The third kappa shape index (κ3) is 4.98. The van der Waals surface area contributed by atoms with Crippen molar-refractivity contribution in [3.8, 4) is 23.6 Å². The summed E-state index contributed by atoms with van der Waals surface area (Å²) in [5, 5.41) is 20.4. The maximum Gasteiger partial charge on any atom is 0.247 e. The summed E-state index contributed by atoms with van der Waals surface area (Å²) < 4.78 is 29.1. The minimum atomic E-state index is -0.740. The maximum absolute atomic E-state index is 14.5. The van der Waals surface area contributed by atoms with Gasteiger partial charge in [-0.1, -0.05) is 25.8 Å². The number of hydrogen-bond donors (Lipinski definition) is 2. The lowest BCUT2D eigenvalue weighted by molar-refractivity contribution is -0.117. The molecule has 2 aromatic rings. The first-order valence-electron chi connectivity index (χ1n) is 11.7. The molecule has 3 rings (SSSR count). The molecule has 0 fully saturated rings. The normalized spacial score (nSPS) is 20.0. The van der Waals surface area contributed by atoms with E-state index in [4.69, 9.17) is 11.5 Å². The Balaban J connectivity index is 2.24. The number of carbonyl (C=O) groups is 1. The molecule has 0 bridgehead atoms. The number of rotatable bonds is 8. The fourth-order valence-electron chi connectivity index (χ4n) is 4.87. The van der Waals surface area contributed by atoms with Gasteiger partial charge in [-0.25, -0.2) is 8.78 Å². The number of aliphatic imine (C=N–C) groups is 1. The highest BCUT2D eigenvalue weighted by Gasteiger charge is 2.46. The van der Waals surface area contributed by atoms with Crippen LogP contribution in [0.1, 0.15) is 50.8 Å². The van der Waals surface area contributed by atoms with Crippen molar-refractivity contribution in [3.63, 3.8) is 0 Å². The number of terminal acetylenes is 1. The van der Waals surface area contributed by atoms with Crippen molar-refractivity contribution >= 4 is 12.6 Å². The Morgan fingerprint density at radius 2 is 2.08 bits per heavy atom. The molecule has 0 unspecified atom stereocenters. The van der Waals surface area contributed by atoms with E-state index >= 15 is 0 Å². The first kappa shape index (κ1) is 26.9. The predicted molar refractivity (Wildman–Crippen MR) is 136 cm³/mol. The van der Waals surface area contributed by atoms with Crippen LogP contribution in [0.15, 0.2) is 52.7 Å². The van der Waals surface area contributed by atoms with Crippen LogP contribution >= 0.6 is 0 Å². The molecule has 6 nitrogen and oxygen atoms in total. The molecule has 1 heterocycles. The lowest BCUT2D eigenvalue weighted by atomic mass is 9.60. The van der Waals surface area contributed by atoms with Gasteiger partial charge in [0.2, 0.25) is 5.91 Å². The summed E-state index contributed by atoms with van der Waals surface area (Å²) in [4.78, 5) is 16.5. The number of aliphatic hydroxyl groups is 1. The third-order valence-electron chi connectivity index (χ3n) is 6.73. The van der Waals surface area contributed by atoms with Gasteiger partial charge in [-0.15, -0.1) is 11.5 Å². The monoisotopic (exact) mass is 492 g/mol. The number of nitrogens with zero attached hydrogens (tertiary/aromatic N) is 3. The Morgan fingerprint density at radius 1 is 1.39 bits per heavy atom. The zero-order chi connectivity index (χ0) is 26.5. The fourth-order valence-corrected chi connectivity index (χ4v) is 4.87. The van der Waals surface area contributed by atoms with E-state index < -0.39 is 17.0 Å². The van der Waals surface area contributed by atoms with Crippen LogP contribution in [0.5, 0.6) is 0 Å². The molecule has 0 spiro atoms. The van der Waals surface area contributed by atoms with Gasteiger partial charge in [-0.05, 0) is 67.8 Å². The number of carbonyl (C=O) groups excluding carboxylic acids is 1. The van der Waals surface area contributed by atoms with Crippen molar-refractivity contribution < 1.29 is 18.7 Å². The van der Waals surface area contributed by atoms with E-state index in [1.165, 1.54) is 18.2 Å². The Bertz CT molecular complexity index is 1240. The van der Waals surface area contributed by atoms with E-state index in [2.05, 4.69) is 33.1 Å². The highest BCUT2D eigenvalue weighted by Crippen LogP contribution is 2.51. The summed E-state index contributed by atoms with van der Waals surface area (Å²) >= 11 is 0. The molecule has 2 atom stereocenters. The number of benzene rings is 1. The Morgan fingerprint density at radius 3 is 2.67 bits per heavy atom. The first-order chi connectivity index (χ1) is 17.2. The molecule has 0 radical (unpaired) electrons. The van der Waals surface area contributed by atoms with Crippen LogP contribution < -0.4 is 5.32 Å². The van der Waals surface area contributed by atoms with Gasteiger partial charge in [0.25, 0.3) is 0 Å². The van der Waals surface area contributed by atoms with Gasteiger partial charge in [0.05, 0.1) is 23.6 Å². The number of hydrogen-bond acceptors (Lipinski definition) is 5. The zero-order valence-electron chi connectivity index (χ0n) is 20.7. The minimum Gasteiger partial charge on any atom is -0.395 e. The summed E-state index contributed by atoms with van der Waals surface area (Å²) in [6.07, 6.45) is 10.4. The number of halogens is 2. The average Bonchev–Trinajstić information content (AvgIpc) is 2.85. The smallest absolute Gasteiger partial charge is 0.247 e. The van der Waals surface area contributed by atoms with Crippen LogP contribution in [0.3, 0.4) is 0 Å². The molecule has 1 aromatic heterocycles. The highest BCUT2D eigenvalue weighted by atomic mass is 19.1. The highest BCUT2D eigenvalue weighted by molar-refractivity contribution is 5.93. The molecular formula is C28H30F2N4O2. The van der Waals surface area contributed by atoms with E-state index in [0.29, 0.717) is 35.2 Å². The molecule has 0 saturated heterocycles. The molecule has 0 aliphatic heterocycles. The SMILES string of the molecule is C#C[C@H]1CC[C@@](C(/C=C(\C)C(=O)NCCO)=C/N=C)(C(C)C)c2nnc(-c3c(F)cccc3F)cc21. The van der Waals surface area contributed by atoms with E-state index in [1.807, 2.05) is 13.8 Å². The molecule has 2 N–H and O–H groups in total. The van der Waals surface area contributed by atoms with Crippen molar-refractivity contribution in [3.05, 3.63) is 70.6 Å². The first-order valence-corrected chi connectivity index (χ1v) is 11.7. The summed E-state index contributed by atoms with van der Waals surface area (Å²) in [5.74, 6) is 0.621. The Labute approximate surface area is 210 Å². The number of nitrogens with one attached hydrogen (secondary N) is 1. The van der Waals surface area contributed by atoms with E-state index in [9.17, 15) is 13.6 Å². The second-order valence-corrected chi connectivity index (χ2v) is 9.09. The lowest BCUT2D eigenvalue weighted by Crippen LogP contribution is -2.40. The average molecular weight is 493 g/mol. The van der Waals surface area contributed by atoms with Crippen molar-refractivity contribution in [2.45, 2.75) is 44.9 Å². The summed E-state index contributed by atoms with van der Waals surface area (Å²) in [7, 11) is 0. The molecule has 1 amide bonds. The number of amides is 1. The number of fused-ring (bicyclic) bond motifs is 1. The fraction of sp³-hybridized carbons (Fsp3) is 0.357. The van der Waals surface area contributed by atoms with Crippen LogP contribution in [0, 0.1) is 29.9 Å². The van der Waals surface area contributed by atoms with Gasteiger partial charge in [0.1, 0.15) is 11.6 Å². The third-order valence-corrected chi connectivity index (χ3v) is 6.73. The van der Waals surface area contributed by atoms with E-state index in [-0.39, 0.29) is 42.2 Å². The summed E-state index contributed by atoms with van der Waals surface area (Å²) in [6, 6.07) is 5.25. The summed E-state index contributed by atoms with van der Waals surface area (Å²) in [6.45, 7) is 9.28.